The molecule has 0 N–H and O–H groups in total. The molecule has 0 aromatic heterocycles. The van der Waals surface area contributed by atoms with Gasteiger partial charge in [0.25, 0.3) is 5.91 Å². The summed E-state index contributed by atoms with van der Waals surface area (Å²) in [4.78, 5) is 17.4. The molecule has 7 rings (SSSR count). The third kappa shape index (κ3) is 11.1. The number of benzene rings is 4. The fourth-order valence-corrected chi connectivity index (χ4v) is 7.25. The Morgan fingerprint density at radius 3 is 1.13 bits per heavy atom. The standard InChI is InChI=1S/C46H55NO13/c48-45-46(39-8-4-5-9-40(39)47(45)38-6-2-1-3-7-38,36-10-12-41-43(34-36)59-32-28-55-24-20-51-16-14-49-18-22-53-26-30-57-41)37-11-13-42-44(35-37)60-33-29-56-25-21-52-17-15-50-19-23-54-27-31-58-42/h1-13,34-35H,14-33H2. The number of fused-ring (bicyclic) bond motifs is 3. The summed E-state index contributed by atoms with van der Waals surface area (Å²) in [6.45, 7) is 7.75. The second-order valence-electron chi connectivity index (χ2n) is 13.9. The summed E-state index contributed by atoms with van der Waals surface area (Å²) in [7, 11) is 0. The first-order valence-corrected chi connectivity index (χ1v) is 20.7. The first-order chi connectivity index (χ1) is 29.8. The van der Waals surface area contributed by atoms with Crippen LogP contribution in [0, 0.1) is 0 Å². The summed E-state index contributed by atoms with van der Waals surface area (Å²) in [5, 5.41) is 0. The Morgan fingerprint density at radius 2 is 0.717 bits per heavy atom. The number of anilines is 2. The van der Waals surface area contributed by atoms with Gasteiger partial charge in [0, 0.05) is 11.3 Å². The number of amides is 1. The van der Waals surface area contributed by atoms with Crippen LogP contribution in [0.5, 0.6) is 23.0 Å². The predicted octanol–water partition coefficient (Wildman–Crippen LogP) is 5.37. The van der Waals surface area contributed by atoms with Crippen LogP contribution in [0.3, 0.4) is 0 Å². The van der Waals surface area contributed by atoms with Crippen molar-refractivity contribution in [1.82, 2.24) is 0 Å². The Balaban J connectivity index is 1.28. The molecular weight excluding hydrogens is 775 g/mol. The maximum atomic E-state index is 15.7. The van der Waals surface area contributed by atoms with Gasteiger partial charge in [0.1, 0.15) is 31.8 Å². The molecule has 0 unspecified atom stereocenters. The van der Waals surface area contributed by atoms with E-state index in [0.29, 0.717) is 140 Å². The topological polar surface area (TPSA) is 131 Å². The molecule has 4 aromatic rings. The van der Waals surface area contributed by atoms with E-state index in [1.54, 1.807) is 4.90 Å². The van der Waals surface area contributed by atoms with Crippen LogP contribution in [0.2, 0.25) is 0 Å². The average molecular weight is 830 g/mol. The zero-order valence-electron chi connectivity index (χ0n) is 34.1. The van der Waals surface area contributed by atoms with Crippen molar-refractivity contribution >= 4 is 17.3 Å². The van der Waals surface area contributed by atoms with Crippen molar-refractivity contribution in [2.24, 2.45) is 0 Å². The third-order valence-electron chi connectivity index (χ3n) is 10.0. The maximum absolute atomic E-state index is 15.7. The zero-order valence-corrected chi connectivity index (χ0v) is 34.1. The van der Waals surface area contributed by atoms with Gasteiger partial charge in [-0.2, -0.15) is 0 Å². The summed E-state index contributed by atoms with van der Waals surface area (Å²) in [5.74, 6) is 1.77. The molecule has 3 aliphatic rings. The summed E-state index contributed by atoms with van der Waals surface area (Å²) in [6, 6.07) is 28.9. The van der Waals surface area contributed by atoms with Crippen molar-refractivity contribution < 1.29 is 61.6 Å². The van der Waals surface area contributed by atoms with E-state index in [1.807, 2.05) is 91.0 Å². The van der Waals surface area contributed by atoms with Gasteiger partial charge in [0.2, 0.25) is 0 Å². The Bertz CT molecular complexity index is 1830. The number of para-hydroxylation sites is 2. The third-order valence-corrected chi connectivity index (χ3v) is 10.0. The van der Waals surface area contributed by atoms with Crippen molar-refractivity contribution in [2.75, 3.05) is 137 Å². The Kier molecular flexibility index (Phi) is 16.8. The Morgan fingerprint density at radius 1 is 0.367 bits per heavy atom. The first-order valence-electron chi connectivity index (χ1n) is 20.7. The predicted molar refractivity (Wildman–Crippen MR) is 221 cm³/mol. The van der Waals surface area contributed by atoms with E-state index in [4.69, 9.17) is 56.8 Å². The number of hydrogen-bond donors (Lipinski definition) is 0. The monoisotopic (exact) mass is 829 g/mol. The van der Waals surface area contributed by atoms with E-state index in [2.05, 4.69) is 0 Å². The van der Waals surface area contributed by atoms with E-state index < -0.39 is 5.41 Å². The van der Waals surface area contributed by atoms with Crippen LogP contribution in [0.1, 0.15) is 16.7 Å². The second kappa shape index (κ2) is 23.3. The summed E-state index contributed by atoms with van der Waals surface area (Å²) in [5.41, 5.74) is 2.26. The van der Waals surface area contributed by atoms with Crippen LogP contribution in [-0.4, -0.2) is 138 Å². The van der Waals surface area contributed by atoms with E-state index in [9.17, 15) is 0 Å². The summed E-state index contributed by atoms with van der Waals surface area (Å²) >= 11 is 0. The van der Waals surface area contributed by atoms with Gasteiger partial charge >= 0.3 is 0 Å². The van der Waals surface area contributed by atoms with Gasteiger partial charge in [0.15, 0.2) is 23.0 Å². The highest BCUT2D eigenvalue weighted by atomic mass is 16.6. The molecule has 0 atom stereocenters. The quantitative estimate of drug-likeness (QED) is 0.263. The molecule has 0 radical (unpaired) electrons. The number of hydrogen-bond acceptors (Lipinski definition) is 13. The average Bonchev–Trinajstić information content (AvgIpc) is 3.54. The SMILES string of the molecule is O=C1N(c2ccccc2)c2ccccc2C1(c1ccc2c(c1)OCCOCCOCCOCCOCCO2)c1ccc2c(c1)OCCOCCOCCOCCOCCO2. The lowest BCUT2D eigenvalue weighted by molar-refractivity contribution is -0.120. The van der Waals surface area contributed by atoms with E-state index >= 15 is 4.79 Å². The normalized spacial score (nSPS) is 19.8. The van der Waals surface area contributed by atoms with Gasteiger partial charge in [-0.25, -0.2) is 0 Å². The summed E-state index contributed by atoms with van der Waals surface area (Å²) in [6.07, 6.45) is 0. The number of carbonyl (C=O) groups is 1. The van der Waals surface area contributed by atoms with E-state index in [-0.39, 0.29) is 32.3 Å². The maximum Gasteiger partial charge on any atom is 0.251 e. The number of ether oxygens (including phenoxy) is 12. The fraction of sp³-hybridized carbons (Fsp3) is 0.457. The lowest BCUT2D eigenvalue weighted by Gasteiger charge is -2.31. The van der Waals surface area contributed by atoms with E-state index in [1.165, 1.54) is 0 Å². The highest BCUT2D eigenvalue weighted by Crippen LogP contribution is 2.54. The lowest BCUT2D eigenvalue weighted by atomic mass is 9.70. The molecular formula is C46H55NO13. The van der Waals surface area contributed by atoms with Gasteiger partial charge in [0.05, 0.1) is 111 Å². The van der Waals surface area contributed by atoms with Crippen molar-refractivity contribution in [3.05, 3.63) is 108 Å². The second-order valence-corrected chi connectivity index (χ2v) is 13.9. The van der Waals surface area contributed by atoms with Gasteiger partial charge < -0.3 is 56.8 Å². The lowest BCUT2D eigenvalue weighted by Crippen LogP contribution is -2.40. The fourth-order valence-electron chi connectivity index (χ4n) is 7.25. The molecule has 3 heterocycles. The first kappa shape index (κ1) is 43.3. The minimum absolute atomic E-state index is 0.171. The molecule has 1 amide bonds. The molecule has 0 saturated carbocycles. The molecule has 3 aliphatic heterocycles. The molecule has 0 bridgehead atoms. The highest BCUT2D eigenvalue weighted by Gasteiger charge is 2.54. The summed E-state index contributed by atoms with van der Waals surface area (Å²) < 4.78 is 70.8. The minimum atomic E-state index is -1.37. The van der Waals surface area contributed by atoms with Crippen LogP contribution < -0.4 is 23.8 Å². The van der Waals surface area contributed by atoms with Crippen molar-refractivity contribution in [1.29, 1.82) is 0 Å². The van der Waals surface area contributed by atoms with Crippen LogP contribution in [0.25, 0.3) is 0 Å². The van der Waals surface area contributed by atoms with E-state index in [0.717, 1.165) is 16.9 Å². The smallest absolute Gasteiger partial charge is 0.251 e. The van der Waals surface area contributed by atoms with Crippen LogP contribution in [0.15, 0.2) is 91.0 Å². The van der Waals surface area contributed by atoms with Crippen molar-refractivity contribution in [3.63, 3.8) is 0 Å². The van der Waals surface area contributed by atoms with Gasteiger partial charge in [-0.05, 0) is 53.6 Å². The highest BCUT2D eigenvalue weighted by molar-refractivity contribution is 6.17. The molecule has 0 saturated heterocycles. The molecule has 60 heavy (non-hydrogen) atoms. The molecule has 0 fully saturated rings. The Labute approximate surface area is 351 Å². The van der Waals surface area contributed by atoms with Gasteiger partial charge in [-0.3, -0.25) is 9.69 Å². The number of nitrogens with zero attached hydrogens (tertiary/aromatic N) is 1. The molecule has 4 aromatic carbocycles. The minimum Gasteiger partial charge on any atom is -0.487 e. The molecule has 322 valence electrons. The Hall–Kier alpha value is -4.77. The zero-order chi connectivity index (χ0) is 41.1. The van der Waals surface area contributed by atoms with Crippen LogP contribution in [0.4, 0.5) is 11.4 Å². The van der Waals surface area contributed by atoms with Crippen LogP contribution in [-0.2, 0) is 48.1 Å². The van der Waals surface area contributed by atoms with Crippen molar-refractivity contribution in [3.8, 4) is 23.0 Å². The number of carbonyl (C=O) groups excluding carboxylic acids is 1. The number of rotatable bonds is 3. The molecule has 14 nitrogen and oxygen atoms in total. The van der Waals surface area contributed by atoms with Crippen LogP contribution >= 0.6 is 0 Å². The molecule has 0 aliphatic carbocycles. The molecule has 14 heteroatoms. The van der Waals surface area contributed by atoms with Gasteiger partial charge in [-0.1, -0.05) is 48.5 Å². The molecule has 0 spiro atoms. The largest absolute Gasteiger partial charge is 0.487 e. The van der Waals surface area contributed by atoms with Crippen molar-refractivity contribution in [2.45, 2.75) is 5.41 Å². The van der Waals surface area contributed by atoms with Gasteiger partial charge in [-0.15, -0.1) is 0 Å².